The molecule has 23 heavy (non-hydrogen) atoms. The highest BCUT2D eigenvalue weighted by Gasteiger charge is 2.11. The Labute approximate surface area is 139 Å². The van der Waals surface area contributed by atoms with Gasteiger partial charge < -0.3 is 4.52 Å². The Balaban J connectivity index is 1.64. The number of ketones is 1. The Morgan fingerprint density at radius 3 is 2.65 bits per heavy atom. The van der Waals surface area contributed by atoms with Crippen LogP contribution in [0.15, 0.2) is 53.2 Å². The third-order valence-corrected chi connectivity index (χ3v) is 3.78. The maximum atomic E-state index is 12.1. The number of carbonyl (C=O) groups excluding carboxylic acids is 1. The minimum Gasteiger partial charge on any atom is -0.361 e. The van der Waals surface area contributed by atoms with E-state index in [4.69, 9.17) is 16.1 Å². The van der Waals surface area contributed by atoms with E-state index in [-0.39, 0.29) is 5.78 Å². The lowest BCUT2D eigenvalue weighted by atomic mass is 10.1. The van der Waals surface area contributed by atoms with Crippen LogP contribution in [-0.2, 0) is 6.42 Å². The second kappa shape index (κ2) is 6.75. The molecule has 3 rings (SSSR count). The number of hydrogen-bond donors (Lipinski definition) is 0. The van der Waals surface area contributed by atoms with Gasteiger partial charge in [0.25, 0.3) is 0 Å². The summed E-state index contributed by atoms with van der Waals surface area (Å²) in [6.07, 6.45) is 2.48. The number of aryl methyl sites for hydroxylation is 2. The molecular formula is C18H15ClN2O2. The van der Waals surface area contributed by atoms with Crippen molar-refractivity contribution in [3.63, 3.8) is 0 Å². The maximum Gasteiger partial charge on any atom is 0.164 e. The van der Waals surface area contributed by atoms with E-state index < -0.39 is 0 Å². The van der Waals surface area contributed by atoms with Crippen LogP contribution in [0.2, 0.25) is 5.02 Å². The van der Waals surface area contributed by atoms with Crippen LogP contribution in [0.1, 0.15) is 28.2 Å². The lowest BCUT2D eigenvalue weighted by Gasteiger charge is -1.99. The van der Waals surface area contributed by atoms with Gasteiger partial charge in [-0.1, -0.05) is 28.9 Å². The third-order valence-electron chi connectivity index (χ3n) is 3.53. The average molecular weight is 327 g/mol. The molecule has 116 valence electrons. The number of halogens is 1. The van der Waals surface area contributed by atoms with Crippen molar-refractivity contribution < 1.29 is 9.32 Å². The van der Waals surface area contributed by atoms with E-state index in [1.807, 2.05) is 31.2 Å². The van der Waals surface area contributed by atoms with Crippen molar-refractivity contribution in [2.75, 3.05) is 0 Å². The summed E-state index contributed by atoms with van der Waals surface area (Å²) in [5, 5.41) is 4.71. The number of pyridine rings is 1. The molecule has 5 heteroatoms. The van der Waals surface area contributed by atoms with Gasteiger partial charge in [-0.25, -0.2) is 0 Å². The van der Waals surface area contributed by atoms with Gasteiger partial charge in [-0.05, 0) is 31.2 Å². The Morgan fingerprint density at radius 2 is 1.96 bits per heavy atom. The van der Waals surface area contributed by atoms with Gasteiger partial charge in [0.05, 0.1) is 0 Å². The van der Waals surface area contributed by atoms with Crippen molar-refractivity contribution in [3.05, 3.63) is 70.7 Å². The average Bonchev–Trinajstić information content (AvgIpc) is 3.03. The molecule has 0 fully saturated rings. The molecule has 1 aromatic carbocycles. The van der Waals surface area contributed by atoms with Crippen LogP contribution in [0, 0.1) is 6.92 Å². The van der Waals surface area contributed by atoms with Gasteiger partial charge in [0.1, 0.15) is 11.5 Å². The van der Waals surface area contributed by atoms with E-state index in [1.165, 1.54) is 0 Å². The van der Waals surface area contributed by atoms with Crippen LogP contribution >= 0.6 is 11.6 Å². The fraction of sp³-hybridized carbons (Fsp3) is 0.167. The molecule has 3 aromatic rings. The number of nitrogens with zero attached hydrogens (tertiary/aromatic N) is 2. The van der Waals surface area contributed by atoms with Gasteiger partial charge in [-0.3, -0.25) is 9.78 Å². The molecule has 0 saturated carbocycles. The highest BCUT2D eigenvalue weighted by atomic mass is 35.5. The molecule has 0 saturated heterocycles. The summed E-state index contributed by atoms with van der Waals surface area (Å²) in [5.74, 6) is 0.727. The van der Waals surface area contributed by atoms with E-state index in [0.717, 1.165) is 17.0 Å². The van der Waals surface area contributed by atoms with Crippen LogP contribution in [-0.4, -0.2) is 15.9 Å². The fourth-order valence-electron chi connectivity index (χ4n) is 2.20. The molecule has 0 spiro atoms. The molecule has 0 N–H and O–H groups in total. The molecule has 0 aliphatic heterocycles. The molecule has 0 radical (unpaired) electrons. The molecule has 2 aromatic heterocycles. The second-order valence-electron chi connectivity index (χ2n) is 5.30. The largest absolute Gasteiger partial charge is 0.361 e. The smallest absolute Gasteiger partial charge is 0.164 e. The quantitative estimate of drug-likeness (QED) is 0.647. The Hall–Kier alpha value is -2.46. The highest BCUT2D eigenvalue weighted by molar-refractivity contribution is 6.30. The van der Waals surface area contributed by atoms with Crippen LogP contribution in [0.5, 0.6) is 0 Å². The van der Waals surface area contributed by atoms with Gasteiger partial charge in [0.15, 0.2) is 5.78 Å². The maximum absolute atomic E-state index is 12.1. The summed E-state index contributed by atoms with van der Waals surface area (Å²) in [5.41, 5.74) is 3.18. The zero-order valence-electron chi connectivity index (χ0n) is 12.6. The predicted molar refractivity (Wildman–Crippen MR) is 88.6 cm³/mol. The van der Waals surface area contributed by atoms with Crippen LogP contribution in [0.3, 0.4) is 0 Å². The van der Waals surface area contributed by atoms with Gasteiger partial charge in [0.2, 0.25) is 0 Å². The Bertz CT molecular complexity index is 808. The number of Topliss-reactive ketones (excluding diaryl/α,β-unsaturated/α-hetero) is 1. The number of rotatable bonds is 5. The number of hydrogen-bond acceptors (Lipinski definition) is 4. The van der Waals surface area contributed by atoms with Crippen LogP contribution in [0.25, 0.3) is 11.3 Å². The standard InChI is InChI=1S/C18H15ClN2O2/c1-12-2-3-14(11-20-12)18(22)9-8-16-10-17(21-23-16)13-4-6-15(19)7-5-13/h2-7,10-11H,8-9H2,1H3. The van der Waals surface area contributed by atoms with Crippen LogP contribution < -0.4 is 0 Å². The molecule has 0 aliphatic rings. The Morgan fingerprint density at radius 1 is 1.17 bits per heavy atom. The van der Waals surface area contributed by atoms with E-state index in [1.54, 1.807) is 24.4 Å². The summed E-state index contributed by atoms with van der Waals surface area (Å²) >= 11 is 5.87. The summed E-state index contributed by atoms with van der Waals surface area (Å²) in [7, 11) is 0. The minimum absolute atomic E-state index is 0.0435. The monoisotopic (exact) mass is 326 g/mol. The van der Waals surface area contributed by atoms with Crippen molar-refractivity contribution >= 4 is 17.4 Å². The number of carbonyl (C=O) groups is 1. The SMILES string of the molecule is Cc1ccc(C(=O)CCc2cc(-c3ccc(Cl)cc3)no2)cn1. The summed E-state index contributed by atoms with van der Waals surface area (Å²) in [4.78, 5) is 16.3. The summed E-state index contributed by atoms with van der Waals surface area (Å²) < 4.78 is 5.30. The molecular weight excluding hydrogens is 312 g/mol. The molecule has 4 nitrogen and oxygen atoms in total. The Kier molecular flexibility index (Phi) is 4.53. The second-order valence-corrected chi connectivity index (χ2v) is 5.73. The third kappa shape index (κ3) is 3.85. The highest BCUT2D eigenvalue weighted by Crippen LogP contribution is 2.22. The zero-order valence-corrected chi connectivity index (χ0v) is 13.4. The minimum atomic E-state index is 0.0435. The molecule has 0 bridgehead atoms. The van der Waals surface area contributed by atoms with Gasteiger partial charge in [-0.15, -0.1) is 0 Å². The summed E-state index contributed by atoms with van der Waals surface area (Å²) in [6.45, 7) is 1.89. The van der Waals surface area contributed by atoms with E-state index in [2.05, 4.69) is 10.1 Å². The topological polar surface area (TPSA) is 56.0 Å². The first-order valence-electron chi connectivity index (χ1n) is 7.29. The van der Waals surface area contributed by atoms with E-state index in [0.29, 0.717) is 29.2 Å². The lowest BCUT2D eigenvalue weighted by Crippen LogP contribution is -2.01. The van der Waals surface area contributed by atoms with E-state index in [9.17, 15) is 4.79 Å². The van der Waals surface area contributed by atoms with Crippen molar-refractivity contribution in [2.45, 2.75) is 19.8 Å². The van der Waals surface area contributed by atoms with Crippen LogP contribution in [0.4, 0.5) is 0 Å². The first kappa shape index (κ1) is 15.4. The summed E-state index contributed by atoms with van der Waals surface area (Å²) in [6, 6.07) is 12.9. The molecule has 0 unspecified atom stereocenters. The number of benzene rings is 1. The lowest BCUT2D eigenvalue weighted by molar-refractivity contribution is 0.0980. The van der Waals surface area contributed by atoms with Crippen molar-refractivity contribution in [1.29, 1.82) is 0 Å². The molecule has 0 aliphatic carbocycles. The predicted octanol–water partition coefficient (Wildman–Crippen LogP) is 4.51. The zero-order chi connectivity index (χ0) is 16.2. The normalized spacial score (nSPS) is 10.7. The van der Waals surface area contributed by atoms with Gasteiger partial charge in [0, 0.05) is 46.9 Å². The first-order valence-corrected chi connectivity index (χ1v) is 7.67. The van der Waals surface area contributed by atoms with Crippen molar-refractivity contribution in [3.8, 4) is 11.3 Å². The van der Waals surface area contributed by atoms with Crippen molar-refractivity contribution in [2.24, 2.45) is 0 Å². The molecule has 0 amide bonds. The van der Waals surface area contributed by atoms with E-state index >= 15 is 0 Å². The van der Waals surface area contributed by atoms with Gasteiger partial charge in [-0.2, -0.15) is 0 Å². The van der Waals surface area contributed by atoms with Crippen molar-refractivity contribution in [1.82, 2.24) is 10.1 Å². The number of aromatic nitrogens is 2. The molecule has 2 heterocycles. The molecule has 0 atom stereocenters. The van der Waals surface area contributed by atoms with Gasteiger partial charge >= 0.3 is 0 Å². The first-order chi connectivity index (χ1) is 11.1. The fourth-order valence-corrected chi connectivity index (χ4v) is 2.33.